The lowest BCUT2D eigenvalue weighted by atomic mass is 10.1. The lowest BCUT2D eigenvalue weighted by molar-refractivity contribution is -0.136. The van der Waals surface area contributed by atoms with Crippen LogP contribution >= 0.6 is 0 Å². The Hall–Kier alpha value is -3.87. The Labute approximate surface area is 170 Å². The van der Waals surface area contributed by atoms with Gasteiger partial charge in [-0.15, -0.1) is 0 Å². The second-order valence-corrected chi connectivity index (χ2v) is 6.44. The third-order valence-electron chi connectivity index (χ3n) is 4.45. The number of nitrogens with one attached hydrogen (secondary N) is 1. The van der Waals surface area contributed by atoms with Gasteiger partial charge in [-0.25, -0.2) is 4.98 Å². The van der Waals surface area contributed by atoms with Crippen molar-refractivity contribution < 1.29 is 22.4 Å². The minimum atomic E-state index is -4.59. The van der Waals surface area contributed by atoms with E-state index in [0.29, 0.717) is 11.3 Å². The van der Waals surface area contributed by atoms with Gasteiger partial charge in [-0.1, -0.05) is 54.6 Å². The number of halogens is 3. The van der Waals surface area contributed by atoms with Gasteiger partial charge in [0.05, 0.1) is 23.0 Å². The Morgan fingerprint density at radius 1 is 0.867 bits per heavy atom. The fraction of sp³-hybridized carbons (Fsp3) is 0.0435. The fourth-order valence-electron chi connectivity index (χ4n) is 3.03. The molecule has 150 valence electrons. The number of amides is 1. The van der Waals surface area contributed by atoms with Crippen LogP contribution < -0.4 is 5.32 Å². The van der Waals surface area contributed by atoms with Crippen LogP contribution in [-0.2, 0) is 6.18 Å². The predicted octanol–water partition coefficient (Wildman–Crippen LogP) is 6.28. The number of hydrogen-bond donors (Lipinski definition) is 1. The smallest absolute Gasteiger partial charge is 0.418 e. The molecule has 0 spiro atoms. The Morgan fingerprint density at radius 3 is 2.30 bits per heavy atom. The largest absolute Gasteiger partial charge is 0.436 e. The first-order chi connectivity index (χ1) is 14.4. The van der Waals surface area contributed by atoms with Crippen molar-refractivity contribution in [3.63, 3.8) is 0 Å². The number of nitrogens with zero attached hydrogens (tertiary/aromatic N) is 1. The van der Waals surface area contributed by atoms with Gasteiger partial charge < -0.3 is 9.73 Å². The molecular formula is C23H15F3N2O2. The van der Waals surface area contributed by atoms with Crippen LogP contribution in [0.3, 0.4) is 0 Å². The van der Waals surface area contributed by atoms with E-state index < -0.39 is 17.6 Å². The molecule has 1 N–H and O–H groups in total. The number of carbonyl (C=O) groups excluding carboxylic acids is 1. The van der Waals surface area contributed by atoms with Crippen LogP contribution in [0.2, 0.25) is 0 Å². The van der Waals surface area contributed by atoms with E-state index in [1.165, 1.54) is 30.5 Å². The number of benzene rings is 3. The zero-order chi connectivity index (χ0) is 21.1. The molecule has 0 saturated carbocycles. The zero-order valence-corrected chi connectivity index (χ0v) is 15.5. The highest BCUT2D eigenvalue weighted by atomic mass is 19.4. The van der Waals surface area contributed by atoms with Gasteiger partial charge in [0.15, 0.2) is 5.76 Å². The molecule has 1 heterocycles. The number of para-hydroxylation sites is 1. The molecule has 7 heteroatoms. The average molecular weight is 408 g/mol. The van der Waals surface area contributed by atoms with Gasteiger partial charge in [0.25, 0.3) is 5.91 Å². The maximum atomic E-state index is 13.2. The number of oxazole rings is 1. The van der Waals surface area contributed by atoms with Crippen molar-refractivity contribution in [2.24, 2.45) is 0 Å². The van der Waals surface area contributed by atoms with E-state index in [9.17, 15) is 18.0 Å². The summed E-state index contributed by atoms with van der Waals surface area (Å²) in [5.41, 5.74) is 0.107. The molecule has 30 heavy (non-hydrogen) atoms. The summed E-state index contributed by atoms with van der Waals surface area (Å²) in [5.74, 6) is 0.0219. The number of hydrogen-bond acceptors (Lipinski definition) is 3. The normalized spacial score (nSPS) is 11.3. The molecule has 3 aromatic carbocycles. The summed E-state index contributed by atoms with van der Waals surface area (Å²) in [4.78, 5) is 17.1. The second-order valence-electron chi connectivity index (χ2n) is 6.44. The van der Waals surface area contributed by atoms with Crippen LogP contribution in [0.4, 0.5) is 18.9 Å². The summed E-state index contributed by atoms with van der Waals surface area (Å²) in [7, 11) is 0. The quantitative estimate of drug-likeness (QED) is 0.432. The lowest BCUT2D eigenvalue weighted by Gasteiger charge is -2.14. The van der Waals surface area contributed by atoms with Gasteiger partial charge in [0.1, 0.15) is 0 Å². The molecule has 0 bridgehead atoms. The molecule has 1 aromatic heterocycles. The highest BCUT2D eigenvalue weighted by molar-refractivity contribution is 6.08. The van der Waals surface area contributed by atoms with Crippen LogP contribution in [0.5, 0.6) is 0 Å². The number of alkyl halides is 3. The maximum absolute atomic E-state index is 13.2. The first kappa shape index (κ1) is 19.4. The van der Waals surface area contributed by atoms with E-state index in [4.69, 9.17) is 4.42 Å². The number of carbonyl (C=O) groups is 1. The van der Waals surface area contributed by atoms with E-state index in [0.717, 1.165) is 11.6 Å². The second kappa shape index (κ2) is 7.87. The van der Waals surface area contributed by atoms with Crippen LogP contribution in [0.15, 0.2) is 89.5 Å². The summed E-state index contributed by atoms with van der Waals surface area (Å²) < 4.78 is 45.5. The van der Waals surface area contributed by atoms with Crippen molar-refractivity contribution in [3.05, 3.63) is 96.2 Å². The third-order valence-corrected chi connectivity index (χ3v) is 4.45. The van der Waals surface area contributed by atoms with Gasteiger partial charge in [-0.2, -0.15) is 13.2 Å². The highest BCUT2D eigenvalue weighted by Crippen LogP contribution is 2.35. The van der Waals surface area contributed by atoms with Crippen molar-refractivity contribution in [2.75, 3.05) is 5.32 Å². The predicted molar refractivity (Wildman–Crippen MR) is 107 cm³/mol. The standard InChI is InChI=1S/C23H15F3N2O2/c24-23(25,26)18-12-6-7-13-19(18)28-21(29)16-10-4-5-11-17(16)22-27-14-20(30-22)15-8-2-1-3-9-15/h1-14H,(H,28,29). The molecule has 0 aliphatic heterocycles. The van der Waals surface area contributed by atoms with Gasteiger partial charge in [0, 0.05) is 11.1 Å². The van der Waals surface area contributed by atoms with Crippen LogP contribution in [-0.4, -0.2) is 10.9 Å². The number of aromatic nitrogens is 1. The summed E-state index contributed by atoms with van der Waals surface area (Å²) in [6.07, 6.45) is -3.05. The average Bonchev–Trinajstić information content (AvgIpc) is 3.24. The Bertz CT molecular complexity index is 1180. The number of rotatable bonds is 4. The third kappa shape index (κ3) is 3.96. The molecule has 0 fully saturated rings. The molecular weight excluding hydrogens is 393 g/mol. The Morgan fingerprint density at radius 2 is 1.53 bits per heavy atom. The van der Waals surface area contributed by atoms with Gasteiger partial charge in [0.2, 0.25) is 5.89 Å². The molecule has 0 unspecified atom stereocenters. The Balaban J connectivity index is 1.67. The zero-order valence-electron chi connectivity index (χ0n) is 15.5. The summed E-state index contributed by atoms with van der Waals surface area (Å²) >= 11 is 0. The van der Waals surface area contributed by atoms with Crippen LogP contribution in [0.25, 0.3) is 22.8 Å². The van der Waals surface area contributed by atoms with E-state index in [1.807, 2.05) is 30.3 Å². The van der Waals surface area contributed by atoms with Crippen LogP contribution in [0, 0.1) is 0 Å². The van der Waals surface area contributed by atoms with Gasteiger partial charge >= 0.3 is 6.18 Å². The summed E-state index contributed by atoms with van der Waals surface area (Å²) in [5, 5.41) is 2.35. The lowest BCUT2D eigenvalue weighted by Crippen LogP contribution is -2.17. The van der Waals surface area contributed by atoms with E-state index in [2.05, 4.69) is 10.3 Å². The van der Waals surface area contributed by atoms with Crippen molar-refractivity contribution in [1.82, 2.24) is 4.98 Å². The molecule has 0 radical (unpaired) electrons. The molecule has 4 nitrogen and oxygen atoms in total. The van der Waals surface area contributed by atoms with Crippen molar-refractivity contribution >= 4 is 11.6 Å². The maximum Gasteiger partial charge on any atom is 0.418 e. The molecule has 4 rings (SSSR count). The summed E-state index contributed by atoms with van der Waals surface area (Å²) in [6, 6.07) is 20.6. The van der Waals surface area contributed by atoms with E-state index in [-0.39, 0.29) is 17.1 Å². The molecule has 0 atom stereocenters. The monoisotopic (exact) mass is 408 g/mol. The molecule has 0 aliphatic rings. The molecule has 0 aliphatic carbocycles. The minimum absolute atomic E-state index is 0.149. The number of anilines is 1. The first-order valence-electron chi connectivity index (χ1n) is 9.02. The SMILES string of the molecule is O=C(Nc1ccccc1C(F)(F)F)c1ccccc1-c1ncc(-c2ccccc2)o1. The van der Waals surface area contributed by atoms with Crippen molar-refractivity contribution in [3.8, 4) is 22.8 Å². The van der Waals surface area contributed by atoms with E-state index >= 15 is 0 Å². The fourth-order valence-corrected chi connectivity index (χ4v) is 3.03. The Kier molecular flexibility index (Phi) is 5.10. The molecule has 4 aromatic rings. The van der Waals surface area contributed by atoms with E-state index in [1.54, 1.807) is 18.2 Å². The summed E-state index contributed by atoms with van der Waals surface area (Å²) in [6.45, 7) is 0. The molecule has 1 amide bonds. The highest BCUT2D eigenvalue weighted by Gasteiger charge is 2.33. The molecule has 0 saturated heterocycles. The van der Waals surface area contributed by atoms with Gasteiger partial charge in [-0.3, -0.25) is 4.79 Å². The van der Waals surface area contributed by atoms with Crippen molar-refractivity contribution in [1.29, 1.82) is 0 Å². The van der Waals surface area contributed by atoms with Crippen LogP contribution in [0.1, 0.15) is 15.9 Å². The van der Waals surface area contributed by atoms with Gasteiger partial charge in [-0.05, 0) is 24.3 Å². The minimum Gasteiger partial charge on any atom is -0.436 e. The first-order valence-corrected chi connectivity index (χ1v) is 9.02. The topological polar surface area (TPSA) is 55.1 Å². The van der Waals surface area contributed by atoms with Crippen molar-refractivity contribution in [2.45, 2.75) is 6.18 Å².